The zero-order chi connectivity index (χ0) is 23.6. The minimum Gasteiger partial charge on any atom is -0.495 e. The minimum absolute atomic E-state index is 0.0376. The topological polar surface area (TPSA) is 140 Å². The second-order valence-corrected chi connectivity index (χ2v) is 9.89. The molecule has 2 aromatic heterocycles. The zero-order valence-corrected chi connectivity index (χ0v) is 18.9. The fourth-order valence-electron chi connectivity index (χ4n) is 3.20. The summed E-state index contributed by atoms with van der Waals surface area (Å²) in [6.07, 6.45) is 4.09. The molecular weight excluding hydrogens is 470 g/mol. The smallest absolute Gasteiger partial charge is 0.341 e. The van der Waals surface area contributed by atoms with Crippen molar-refractivity contribution in [3.63, 3.8) is 0 Å². The summed E-state index contributed by atoms with van der Waals surface area (Å²) in [6.45, 7) is 0.181. The monoisotopic (exact) mass is 489 g/mol. The Bertz CT molecular complexity index is 1310. The molecule has 0 saturated heterocycles. The number of nitrogens with one attached hydrogen (secondary N) is 2. The molecule has 1 aliphatic rings. The van der Waals surface area contributed by atoms with E-state index in [0.29, 0.717) is 5.76 Å². The lowest BCUT2D eigenvalue weighted by atomic mass is 10.0. The summed E-state index contributed by atoms with van der Waals surface area (Å²) in [7, 11) is -1.77. The number of amides is 1. The number of cyclic esters (lactones) is 1. The molecule has 12 heteroatoms. The van der Waals surface area contributed by atoms with Gasteiger partial charge in [0.15, 0.2) is 4.34 Å². The summed E-state index contributed by atoms with van der Waals surface area (Å²) >= 11 is 1.15. The molecule has 1 aromatic carbocycles. The number of fused-ring (bicyclic) bond motifs is 1. The Kier molecular flexibility index (Phi) is 6.22. The summed E-state index contributed by atoms with van der Waals surface area (Å²) in [5.74, 6) is 3.18. The molecule has 1 amide bonds. The molecule has 0 saturated carbocycles. The van der Waals surface area contributed by atoms with Crippen molar-refractivity contribution in [2.24, 2.45) is 0 Å². The molecule has 4 rings (SSSR count). The Morgan fingerprint density at radius 3 is 2.97 bits per heavy atom. The summed E-state index contributed by atoms with van der Waals surface area (Å²) in [5.41, 5.74) is 0.584. The van der Waals surface area contributed by atoms with Crippen molar-refractivity contribution in [2.45, 2.75) is 17.2 Å². The number of aliphatic hydroxyl groups excluding tert-OH is 1. The average Bonchev–Trinajstić information content (AvgIpc) is 3.53. The Labute approximate surface area is 193 Å². The van der Waals surface area contributed by atoms with Gasteiger partial charge in [-0.05, 0) is 30.1 Å². The second kappa shape index (κ2) is 9.10. The van der Waals surface area contributed by atoms with E-state index in [1.165, 1.54) is 37.8 Å². The number of carbonyl (C=O) groups is 2. The first-order valence-corrected chi connectivity index (χ1v) is 12.1. The van der Waals surface area contributed by atoms with Gasteiger partial charge in [-0.3, -0.25) is 4.79 Å². The van der Waals surface area contributed by atoms with Crippen LogP contribution in [0.25, 0.3) is 6.08 Å². The van der Waals surface area contributed by atoms with Crippen molar-refractivity contribution in [3.8, 4) is 5.75 Å². The molecule has 0 radical (unpaired) electrons. The lowest BCUT2D eigenvalue weighted by Crippen LogP contribution is -2.20. The highest BCUT2D eigenvalue weighted by Gasteiger charge is 2.36. The van der Waals surface area contributed by atoms with Crippen molar-refractivity contribution < 1.29 is 32.8 Å². The normalized spacial score (nSPS) is 16.8. The number of ether oxygens (including phenoxy) is 2. The molecule has 0 bridgehead atoms. The van der Waals surface area contributed by atoms with Crippen LogP contribution >= 0.6 is 11.3 Å². The van der Waals surface area contributed by atoms with Crippen molar-refractivity contribution in [1.82, 2.24) is 10.3 Å². The van der Waals surface area contributed by atoms with E-state index in [4.69, 9.17) is 13.9 Å². The highest BCUT2D eigenvalue weighted by Crippen LogP contribution is 2.43. The Morgan fingerprint density at radius 1 is 1.48 bits per heavy atom. The maximum atomic E-state index is 13.2. The highest BCUT2D eigenvalue weighted by atomic mass is 32.2. The maximum absolute atomic E-state index is 13.2. The van der Waals surface area contributed by atoms with Crippen LogP contribution in [0.3, 0.4) is 0 Å². The first-order valence-electron chi connectivity index (χ1n) is 9.47. The fraction of sp³-hybridized carbons (Fsp3) is 0.143. The predicted molar refractivity (Wildman–Crippen MR) is 122 cm³/mol. The summed E-state index contributed by atoms with van der Waals surface area (Å²) in [5, 5.41) is 14.5. The van der Waals surface area contributed by atoms with Crippen LogP contribution in [0, 0.1) is 0 Å². The molecule has 3 aromatic rings. The number of carbonyl (C=O) groups excluding carboxylic acids is 2. The van der Waals surface area contributed by atoms with E-state index in [-0.39, 0.29) is 39.0 Å². The number of esters is 1. The first kappa shape index (κ1) is 22.6. The van der Waals surface area contributed by atoms with E-state index in [1.54, 1.807) is 17.5 Å². The van der Waals surface area contributed by atoms with Gasteiger partial charge < -0.3 is 29.0 Å². The van der Waals surface area contributed by atoms with Gasteiger partial charge in [0.1, 0.15) is 21.2 Å². The Hall–Kier alpha value is -3.61. The van der Waals surface area contributed by atoms with Gasteiger partial charge in [-0.15, -0.1) is 11.3 Å². The number of rotatable bonds is 8. The molecule has 2 unspecified atom stereocenters. The van der Waals surface area contributed by atoms with Gasteiger partial charge in [0.25, 0.3) is 0 Å². The van der Waals surface area contributed by atoms with Gasteiger partial charge in [-0.25, -0.2) is 14.0 Å². The van der Waals surface area contributed by atoms with E-state index < -0.39 is 27.9 Å². The standard InChI is InChI=1S/C21H19N3O7S2/c1-29-18-13(5-6-16(25)23-11-12-4-3-8-30-12)15(10-14-17(18)20(27)31-19(14)26)24-33(2,28)21-22-7-9-32-21/h3-10,20,27H,2,11H2,1H3,(H,23,25)(H,24,28)/b6-5+. The van der Waals surface area contributed by atoms with Gasteiger partial charge in [-0.2, -0.15) is 0 Å². The molecule has 33 heavy (non-hydrogen) atoms. The first-order chi connectivity index (χ1) is 15.8. The molecular formula is C21H19N3O7S2. The fourth-order valence-corrected chi connectivity index (χ4v) is 5.31. The number of hydrogen-bond donors (Lipinski definition) is 3. The lowest BCUT2D eigenvalue weighted by molar-refractivity contribution is -0.116. The lowest BCUT2D eigenvalue weighted by Gasteiger charge is -2.18. The Morgan fingerprint density at radius 2 is 2.30 bits per heavy atom. The van der Waals surface area contributed by atoms with E-state index in [2.05, 4.69) is 20.9 Å². The molecule has 0 aliphatic carbocycles. The van der Waals surface area contributed by atoms with Crippen LogP contribution in [-0.4, -0.2) is 39.2 Å². The predicted octanol–water partition coefficient (Wildman–Crippen LogP) is 2.34. The molecule has 10 nitrogen and oxygen atoms in total. The van der Waals surface area contributed by atoms with Crippen molar-refractivity contribution in [2.75, 3.05) is 11.8 Å². The zero-order valence-electron chi connectivity index (χ0n) is 17.3. The van der Waals surface area contributed by atoms with Gasteiger partial charge in [0.05, 0.1) is 36.7 Å². The summed E-state index contributed by atoms with van der Waals surface area (Å²) in [6, 6.07) is 4.80. The largest absolute Gasteiger partial charge is 0.495 e. The van der Waals surface area contributed by atoms with E-state index in [0.717, 1.165) is 11.3 Å². The third kappa shape index (κ3) is 4.62. The van der Waals surface area contributed by atoms with Gasteiger partial charge in [0.2, 0.25) is 12.2 Å². The molecule has 1 aliphatic heterocycles. The average molecular weight is 490 g/mol. The van der Waals surface area contributed by atoms with E-state index in [9.17, 15) is 18.9 Å². The molecule has 3 heterocycles. The number of methoxy groups -OCH3 is 1. The number of aromatic nitrogens is 1. The molecule has 3 N–H and O–H groups in total. The minimum atomic E-state index is -3.10. The van der Waals surface area contributed by atoms with E-state index >= 15 is 0 Å². The molecule has 2 atom stereocenters. The second-order valence-electron chi connectivity index (χ2n) is 6.80. The van der Waals surface area contributed by atoms with Crippen molar-refractivity contribution in [3.05, 3.63) is 64.6 Å². The number of nitrogens with zero attached hydrogens (tertiary/aromatic N) is 1. The van der Waals surface area contributed by atoms with Gasteiger partial charge in [0, 0.05) is 23.2 Å². The molecule has 172 valence electrons. The number of furan rings is 1. The number of benzene rings is 1. The van der Waals surface area contributed by atoms with E-state index in [1.807, 2.05) is 0 Å². The van der Waals surface area contributed by atoms with Crippen LogP contribution in [0.1, 0.15) is 33.5 Å². The van der Waals surface area contributed by atoms with Crippen molar-refractivity contribution in [1.29, 1.82) is 0 Å². The summed E-state index contributed by atoms with van der Waals surface area (Å²) < 4.78 is 31.8. The third-order valence-electron chi connectivity index (χ3n) is 4.63. The molecule has 0 spiro atoms. The number of thiazole rings is 1. The van der Waals surface area contributed by atoms with Crippen LogP contribution in [0.5, 0.6) is 5.75 Å². The molecule has 0 fully saturated rings. The number of anilines is 1. The maximum Gasteiger partial charge on any atom is 0.341 e. The SMILES string of the molecule is C=S(=O)(Nc1cc2c(c(OC)c1/C=C/C(=O)NCc1ccco1)C(O)OC2=O)c1nccs1. The summed E-state index contributed by atoms with van der Waals surface area (Å²) in [4.78, 5) is 28.6. The van der Waals surface area contributed by atoms with Crippen LogP contribution in [0.4, 0.5) is 5.69 Å². The van der Waals surface area contributed by atoms with Crippen molar-refractivity contribution >= 4 is 50.6 Å². The van der Waals surface area contributed by atoms with Gasteiger partial charge >= 0.3 is 5.97 Å². The Balaban J connectivity index is 1.72. The van der Waals surface area contributed by atoms with Gasteiger partial charge in [-0.1, -0.05) is 0 Å². The third-order valence-corrected chi connectivity index (χ3v) is 7.51. The van der Waals surface area contributed by atoms with Crippen LogP contribution in [0.2, 0.25) is 0 Å². The highest BCUT2D eigenvalue weighted by molar-refractivity contribution is 8.03. The quantitative estimate of drug-likeness (QED) is 0.249. The van der Waals surface area contributed by atoms with Crippen LogP contribution in [-0.2, 0) is 25.8 Å². The number of hydrogen-bond acceptors (Lipinski definition) is 9. The van der Waals surface area contributed by atoms with Crippen LogP contribution in [0.15, 0.2) is 50.9 Å². The number of aliphatic hydroxyl groups is 1. The van der Waals surface area contributed by atoms with Crippen LogP contribution < -0.4 is 14.8 Å².